The van der Waals surface area contributed by atoms with Crippen molar-refractivity contribution in [2.45, 2.75) is 19.9 Å². The van der Waals surface area contributed by atoms with Crippen molar-refractivity contribution in [3.05, 3.63) is 22.4 Å². The first-order valence-corrected chi connectivity index (χ1v) is 7.87. The van der Waals surface area contributed by atoms with Crippen molar-refractivity contribution in [3.8, 4) is 0 Å². The Kier molecular flexibility index (Phi) is 4.94. The van der Waals surface area contributed by atoms with E-state index in [1.807, 2.05) is 13.8 Å². The Morgan fingerprint density at radius 2 is 2.17 bits per heavy atom. The molecule has 8 heteroatoms. The second-order valence-corrected chi connectivity index (χ2v) is 6.82. The van der Waals surface area contributed by atoms with Gasteiger partial charge in [0.1, 0.15) is 5.69 Å². The fraction of sp³-hybridized carbons (Fsp3) is 0.500. The van der Waals surface area contributed by atoms with Crippen molar-refractivity contribution in [1.29, 1.82) is 0 Å². The van der Waals surface area contributed by atoms with Gasteiger partial charge >= 0.3 is 0 Å². The number of aromatic nitrogens is 1. The Morgan fingerprint density at radius 3 is 2.67 bits per heavy atom. The number of carbonyl (C=O) groups excluding carboxylic acids is 1. The smallest absolute Gasteiger partial charge is 0.267 e. The molecule has 3 N–H and O–H groups in total. The average molecular weight is 338 g/mol. The predicted molar refractivity (Wildman–Crippen MR) is 72.8 cm³/mol. The van der Waals surface area contributed by atoms with Crippen LogP contribution in [-0.2, 0) is 10.0 Å². The summed E-state index contributed by atoms with van der Waals surface area (Å²) in [6, 6.07) is 1.82. The van der Waals surface area contributed by atoms with Gasteiger partial charge in [0.25, 0.3) is 5.91 Å². The van der Waals surface area contributed by atoms with E-state index in [1.165, 1.54) is 0 Å². The highest BCUT2D eigenvalue weighted by atomic mass is 79.9. The molecule has 6 nitrogen and oxygen atoms in total. The van der Waals surface area contributed by atoms with E-state index in [0.717, 1.165) is 4.47 Å². The summed E-state index contributed by atoms with van der Waals surface area (Å²) in [6.07, 6.45) is 1.80. The number of amides is 1. The van der Waals surface area contributed by atoms with Gasteiger partial charge in [-0.25, -0.2) is 13.6 Å². The number of sulfonamides is 1. The van der Waals surface area contributed by atoms with Crippen LogP contribution in [0.5, 0.6) is 0 Å². The predicted octanol–water partition coefficient (Wildman–Crippen LogP) is 0.850. The van der Waals surface area contributed by atoms with Gasteiger partial charge in [0.05, 0.1) is 5.75 Å². The maximum Gasteiger partial charge on any atom is 0.267 e. The van der Waals surface area contributed by atoms with Crippen molar-refractivity contribution in [2.24, 2.45) is 5.14 Å². The molecule has 1 rings (SSSR count). The van der Waals surface area contributed by atoms with Crippen molar-refractivity contribution < 1.29 is 13.2 Å². The summed E-state index contributed by atoms with van der Waals surface area (Å²) in [5.74, 6) is -0.597. The molecule has 0 aliphatic heterocycles. The summed E-state index contributed by atoms with van der Waals surface area (Å²) in [5, 5.41) is 7.38. The molecular weight excluding hydrogens is 322 g/mol. The van der Waals surface area contributed by atoms with E-state index in [9.17, 15) is 13.2 Å². The van der Waals surface area contributed by atoms with E-state index >= 15 is 0 Å². The van der Waals surface area contributed by atoms with Gasteiger partial charge in [0.15, 0.2) is 0 Å². The van der Waals surface area contributed by atoms with Crippen LogP contribution < -0.4 is 10.5 Å². The summed E-state index contributed by atoms with van der Waals surface area (Å²) >= 11 is 3.30. The molecule has 1 amide bonds. The number of nitrogens with zero attached hydrogens (tertiary/aromatic N) is 1. The monoisotopic (exact) mass is 337 g/mol. The average Bonchev–Trinajstić information content (AvgIpc) is 2.58. The van der Waals surface area contributed by atoms with E-state index in [4.69, 9.17) is 5.14 Å². The van der Waals surface area contributed by atoms with Crippen molar-refractivity contribution in [3.63, 3.8) is 0 Å². The van der Waals surface area contributed by atoms with Crippen LogP contribution in [0, 0.1) is 0 Å². The summed E-state index contributed by atoms with van der Waals surface area (Å²) in [5.41, 5.74) is 0.478. The van der Waals surface area contributed by atoms with E-state index in [0.29, 0.717) is 5.69 Å². The number of carbonyl (C=O) groups is 1. The number of halogens is 1. The lowest BCUT2D eigenvalue weighted by molar-refractivity contribution is 0.0945. The Bertz CT molecular complexity index is 537. The molecule has 102 valence electrons. The molecule has 0 saturated carbocycles. The molecule has 1 heterocycles. The standard InChI is InChI=1S/C10H16BrN3O3S/c1-7(2)14-6-8(11)5-9(14)10(15)13-3-4-18(12,16)17/h5-7H,3-4H2,1-2H3,(H,13,15)(H2,12,16,17). The summed E-state index contributed by atoms with van der Waals surface area (Å²) in [4.78, 5) is 11.9. The minimum atomic E-state index is -3.55. The lowest BCUT2D eigenvalue weighted by Gasteiger charge is -2.12. The van der Waals surface area contributed by atoms with Crippen LogP contribution in [0.4, 0.5) is 0 Å². The first-order chi connectivity index (χ1) is 8.20. The quantitative estimate of drug-likeness (QED) is 0.833. The minimum Gasteiger partial charge on any atom is -0.350 e. The highest BCUT2D eigenvalue weighted by Gasteiger charge is 2.15. The van der Waals surface area contributed by atoms with E-state index < -0.39 is 10.0 Å². The molecule has 0 bridgehead atoms. The van der Waals surface area contributed by atoms with Crippen LogP contribution in [0.3, 0.4) is 0 Å². The minimum absolute atomic E-state index is 0.00143. The normalized spacial score (nSPS) is 11.8. The van der Waals surface area contributed by atoms with Crippen LogP contribution >= 0.6 is 15.9 Å². The fourth-order valence-corrected chi connectivity index (χ4v) is 2.28. The molecule has 0 radical (unpaired) electrons. The van der Waals surface area contributed by atoms with Crippen LogP contribution in [0.2, 0.25) is 0 Å². The second-order valence-electron chi connectivity index (χ2n) is 4.17. The number of hydrogen-bond acceptors (Lipinski definition) is 3. The van der Waals surface area contributed by atoms with E-state index in [2.05, 4.69) is 21.2 Å². The van der Waals surface area contributed by atoms with E-state index in [1.54, 1.807) is 16.8 Å². The van der Waals surface area contributed by atoms with Gasteiger partial charge in [-0.1, -0.05) is 0 Å². The zero-order valence-corrected chi connectivity index (χ0v) is 12.6. The molecule has 0 atom stereocenters. The zero-order valence-electron chi connectivity index (χ0n) is 10.2. The molecule has 0 unspecified atom stereocenters. The van der Waals surface area contributed by atoms with Gasteiger partial charge in [-0.3, -0.25) is 4.79 Å². The molecule has 18 heavy (non-hydrogen) atoms. The maximum atomic E-state index is 11.9. The molecule has 0 aliphatic rings. The van der Waals surface area contributed by atoms with Crippen LogP contribution in [0.1, 0.15) is 30.4 Å². The van der Waals surface area contributed by atoms with Crippen LogP contribution in [0.15, 0.2) is 16.7 Å². The van der Waals surface area contributed by atoms with Gasteiger partial charge in [0, 0.05) is 23.3 Å². The highest BCUT2D eigenvalue weighted by molar-refractivity contribution is 9.10. The van der Waals surface area contributed by atoms with Gasteiger partial charge in [0.2, 0.25) is 10.0 Å². The summed E-state index contributed by atoms with van der Waals surface area (Å²) in [7, 11) is -3.55. The molecule has 1 aromatic rings. The van der Waals surface area contributed by atoms with Crippen LogP contribution in [-0.4, -0.2) is 31.2 Å². The van der Waals surface area contributed by atoms with Crippen molar-refractivity contribution in [2.75, 3.05) is 12.3 Å². The Labute approximate surface area is 115 Å². The Hall–Kier alpha value is -0.860. The van der Waals surface area contributed by atoms with Crippen molar-refractivity contribution >= 4 is 31.9 Å². The molecule has 0 aromatic carbocycles. The SMILES string of the molecule is CC(C)n1cc(Br)cc1C(=O)NCCS(N)(=O)=O. The number of hydrogen-bond donors (Lipinski definition) is 2. The number of nitrogens with one attached hydrogen (secondary N) is 1. The largest absolute Gasteiger partial charge is 0.350 e. The molecule has 0 spiro atoms. The zero-order chi connectivity index (χ0) is 13.9. The topological polar surface area (TPSA) is 94.2 Å². The molecule has 0 fully saturated rings. The first-order valence-electron chi connectivity index (χ1n) is 5.37. The highest BCUT2D eigenvalue weighted by Crippen LogP contribution is 2.19. The molecule has 0 saturated heterocycles. The summed E-state index contributed by atoms with van der Waals surface area (Å²) < 4.78 is 24.1. The van der Waals surface area contributed by atoms with Crippen LogP contribution in [0.25, 0.3) is 0 Å². The third kappa shape index (κ3) is 4.43. The maximum absolute atomic E-state index is 11.9. The number of rotatable bonds is 5. The lowest BCUT2D eigenvalue weighted by Crippen LogP contribution is -2.32. The third-order valence-corrected chi connectivity index (χ3v) is 3.48. The molecular formula is C10H16BrN3O3S. The van der Waals surface area contributed by atoms with Gasteiger partial charge in [-0.15, -0.1) is 0 Å². The first kappa shape index (κ1) is 15.2. The Morgan fingerprint density at radius 1 is 1.56 bits per heavy atom. The molecule has 1 aromatic heterocycles. The fourth-order valence-electron chi connectivity index (χ4n) is 1.45. The summed E-state index contributed by atoms with van der Waals surface area (Å²) in [6.45, 7) is 3.90. The van der Waals surface area contributed by atoms with Gasteiger partial charge in [-0.2, -0.15) is 0 Å². The van der Waals surface area contributed by atoms with E-state index in [-0.39, 0.29) is 24.2 Å². The second kappa shape index (κ2) is 5.85. The third-order valence-electron chi connectivity index (χ3n) is 2.28. The number of primary sulfonamides is 1. The van der Waals surface area contributed by atoms with Gasteiger partial charge < -0.3 is 9.88 Å². The van der Waals surface area contributed by atoms with Crippen molar-refractivity contribution in [1.82, 2.24) is 9.88 Å². The van der Waals surface area contributed by atoms with Gasteiger partial charge in [-0.05, 0) is 35.8 Å². The lowest BCUT2D eigenvalue weighted by atomic mass is 10.3. The molecule has 0 aliphatic carbocycles. The number of nitrogens with two attached hydrogens (primary N) is 1. The Balaban J connectivity index is 2.73.